The maximum absolute atomic E-state index is 14.0. The van der Waals surface area contributed by atoms with Gasteiger partial charge in [-0.2, -0.15) is 0 Å². The second-order valence-corrected chi connectivity index (χ2v) is 7.46. The van der Waals surface area contributed by atoms with E-state index in [0.29, 0.717) is 27.1 Å². The van der Waals surface area contributed by atoms with E-state index in [4.69, 9.17) is 9.47 Å². The van der Waals surface area contributed by atoms with Gasteiger partial charge >= 0.3 is 5.97 Å². The number of fused-ring (bicyclic) bond motifs is 1. The SMILES string of the molecule is COc1ccc(C)cc1NC(=O)[C@@H](C)OC(=O)c1sc2cccc(F)c2c1C. The molecule has 1 atom stereocenters. The highest BCUT2D eigenvalue weighted by molar-refractivity contribution is 7.21. The summed E-state index contributed by atoms with van der Waals surface area (Å²) in [6.07, 6.45) is -1.04. The van der Waals surface area contributed by atoms with Gasteiger partial charge in [0.25, 0.3) is 5.91 Å². The zero-order valence-electron chi connectivity index (χ0n) is 16.0. The van der Waals surface area contributed by atoms with Crippen molar-refractivity contribution in [3.8, 4) is 5.75 Å². The predicted molar refractivity (Wildman–Crippen MR) is 108 cm³/mol. The molecular weight excluding hydrogens is 381 g/mol. The van der Waals surface area contributed by atoms with Crippen LogP contribution in [0, 0.1) is 19.7 Å². The molecule has 5 nitrogen and oxygen atoms in total. The van der Waals surface area contributed by atoms with Crippen LogP contribution in [0.2, 0.25) is 0 Å². The van der Waals surface area contributed by atoms with Gasteiger partial charge in [-0.25, -0.2) is 9.18 Å². The van der Waals surface area contributed by atoms with Crippen LogP contribution in [0.4, 0.5) is 10.1 Å². The minimum absolute atomic E-state index is 0.285. The summed E-state index contributed by atoms with van der Waals surface area (Å²) in [5, 5.41) is 3.12. The van der Waals surface area contributed by atoms with Gasteiger partial charge in [0.15, 0.2) is 6.10 Å². The highest BCUT2D eigenvalue weighted by atomic mass is 32.1. The molecule has 3 aromatic rings. The Labute approximate surface area is 166 Å². The molecule has 0 spiro atoms. The number of aryl methyl sites for hydroxylation is 2. The number of halogens is 1. The molecular formula is C21H20FNO4S. The topological polar surface area (TPSA) is 64.6 Å². The van der Waals surface area contributed by atoms with Gasteiger partial charge in [0.2, 0.25) is 0 Å². The first-order valence-electron chi connectivity index (χ1n) is 8.66. The molecule has 28 heavy (non-hydrogen) atoms. The van der Waals surface area contributed by atoms with Gasteiger partial charge in [-0.05, 0) is 56.2 Å². The number of nitrogens with one attached hydrogen (secondary N) is 1. The molecule has 3 rings (SSSR count). The van der Waals surface area contributed by atoms with E-state index < -0.39 is 18.0 Å². The van der Waals surface area contributed by atoms with E-state index in [1.54, 1.807) is 31.2 Å². The Morgan fingerprint density at radius 3 is 2.61 bits per heavy atom. The Hall–Kier alpha value is -2.93. The maximum Gasteiger partial charge on any atom is 0.349 e. The minimum Gasteiger partial charge on any atom is -0.495 e. The number of benzene rings is 2. The van der Waals surface area contributed by atoms with Crippen molar-refractivity contribution in [3.05, 3.63) is 58.2 Å². The smallest absolute Gasteiger partial charge is 0.349 e. The fourth-order valence-corrected chi connectivity index (χ4v) is 3.98. The third-order valence-electron chi connectivity index (χ3n) is 4.35. The minimum atomic E-state index is -1.04. The van der Waals surface area contributed by atoms with Crippen LogP contribution < -0.4 is 10.1 Å². The van der Waals surface area contributed by atoms with Crippen molar-refractivity contribution in [1.82, 2.24) is 0 Å². The Kier molecular flexibility index (Phi) is 5.65. The van der Waals surface area contributed by atoms with E-state index in [-0.39, 0.29) is 10.7 Å². The second-order valence-electron chi connectivity index (χ2n) is 6.41. The van der Waals surface area contributed by atoms with E-state index in [2.05, 4.69) is 5.32 Å². The summed E-state index contributed by atoms with van der Waals surface area (Å²) in [6.45, 7) is 5.04. The first kappa shape index (κ1) is 19.8. The summed E-state index contributed by atoms with van der Waals surface area (Å²) in [5.74, 6) is -1.02. The summed E-state index contributed by atoms with van der Waals surface area (Å²) in [6, 6.07) is 10.1. The van der Waals surface area contributed by atoms with E-state index >= 15 is 0 Å². The summed E-state index contributed by atoms with van der Waals surface area (Å²) in [4.78, 5) is 25.3. The van der Waals surface area contributed by atoms with E-state index in [9.17, 15) is 14.0 Å². The first-order chi connectivity index (χ1) is 13.3. The van der Waals surface area contributed by atoms with Crippen LogP contribution in [0.5, 0.6) is 5.75 Å². The average Bonchev–Trinajstić information content (AvgIpc) is 3.00. The Morgan fingerprint density at radius 2 is 1.93 bits per heavy atom. The van der Waals surface area contributed by atoms with Gasteiger partial charge in [0.05, 0.1) is 12.8 Å². The van der Waals surface area contributed by atoms with Crippen molar-refractivity contribution in [3.63, 3.8) is 0 Å². The van der Waals surface area contributed by atoms with Crippen molar-refractivity contribution in [2.45, 2.75) is 26.9 Å². The molecule has 0 saturated carbocycles. The molecule has 0 radical (unpaired) electrons. The highest BCUT2D eigenvalue weighted by Crippen LogP contribution is 2.33. The van der Waals surface area contributed by atoms with Gasteiger partial charge in [-0.1, -0.05) is 12.1 Å². The van der Waals surface area contributed by atoms with Crippen molar-refractivity contribution in [2.75, 3.05) is 12.4 Å². The standard InChI is InChI=1S/C21H20FNO4S/c1-11-8-9-16(26-4)15(10-11)23-20(24)13(3)27-21(25)19-12(2)18-14(22)6-5-7-17(18)28-19/h5-10,13H,1-4H3,(H,23,24)/t13-/m1/s1. The monoisotopic (exact) mass is 401 g/mol. The molecule has 1 N–H and O–H groups in total. The van der Waals surface area contributed by atoms with Crippen molar-refractivity contribution in [1.29, 1.82) is 0 Å². The zero-order chi connectivity index (χ0) is 20.4. The van der Waals surface area contributed by atoms with E-state index in [1.165, 1.54) is 20.1 Å². The number of esters is 1. The Bertz CT molecular complexity index is 1060. The molecule has 0 aliphatic rings. The molecule has 0 bridgehead atoms. The van der Waals surface area contributed by atoms with Gasteiger partial charge < -0.3 is 14.8 Å². The molecule has 0 aliphatic carbocycles. The van der Waals surface area contributed by atoms with Crippen LogP contribution in [0.25, 0.3) is 10.1 Å². The number of hydrogen-bond acceptors (Lipinski definition) is 5. The molecule has 2 aromatic carbocycles. The van der Waals surface area contributed by atoms with Crippen LogP contribution in [0.3, 0.4) is 0 Å². The number of methoxy groups -OCH3 is 1. The molecule has 7 heteroatoms. The average molecular weight is 401 g/mol. The zero-order valence-corrected chi connectivity index (χ0v) is 16.8. The van der Waals surface area contributed by atoms with Crippen molar-refractivity contribution >= 4 is 39.0 Å². The summed E-state index contributed by atoms with van der Waals surface area (Å²) < 4.78 is 25.3. The van der Waals surface area contributed by atoms with Gasteiger partial charge in [0.1, 0.15) is 16.4 Å². The van der Waals surface area contributed by atoms with Gasteiger partial charge in [-0.3, -0.25) is 4.79 Å². The van der Waals surface area contributed by atoms with Gasteiger partial charge in [-0.15, -0.1) is 11.3 Å². The second kappa shape index (κ2) is 7.98. The third-order valence-corrected chi connectivity index (χ3v) is 5.59. The van der Waals surface area contributed by atoms with E-state index in [0.717, 1.165) is 16.9 Å². The van der Waals surface area contributed by atoms with Crippen molar-refractivity contribution in [2.24, 2.45) is 0 Å². The van der Waals surface area contributed by atoms with Crippen molar-refractivity contribution < 1.29 is 23.5 Å². The molecule has 0 fully saturated rings. The summed E-state index contributed by atoms with van der Waals surface area (Å²) >= 11 is 1.15. The molecule has 0 aliphatic heterocycles. The number of amides is 1. The van der Waals surface area contributed by atoms with Crippen LogP contribution in [0.15, 0.2) is 36.4 Å². The molecule has 0 unspecified atom stereocenters. The van der Waals surface area contributed by atoms with Crippen LogP contribution in [-0.4, -0.2) is 25.1 Å². The predicted octanol–water partition coefficient (Wildman–Crippen LogP) is 4.85. The number of ether oxygens (including phenoxy) is 2. The number of rotatable bonds is 5. The molecule has 0 saturated heterocycles. The lowest BCUT2D eigenvalue weighted by Crippen LogP contribution is -2.30. The fraction of sp³-hybridized carbons (Fsp3) is 0.238. The highest BCUT2D eigenvalue weighted by Gasteiger charge is 2.24. The number of anilines is 1. The van der Waals surface area contributed by atoms with Crippen LogP contribution >= 0.6 is 11.3 Å². The summed E-state index contributed by atoms with van der Waals surface area (Å²) in [7, 11) is 1.51. The summed E-state index contributed by atoms with van der Waals surface area (Å²) in [5.41, 5.74) is 1.95. The maximum atomic E-state index is 14.0. The molecule has 1 amide bonds. The quantitative estimate of drug-likeness (QED) is 0.621. The van der Waals surface area contributed by atoms with E-state index in [1.807, 2.05) is 13.0 Å². The fourth-order valence-electron chi connectivity index (χ4n) is 2.87. The lowest BCUT2D eigenvalue weighted by molar-refractivity contribution is -0.123. The lowest BCUT2D eigenvalue weighted by atomic mass is 10.1. The first-order valence-corrected chi connectivity index (χ1v) is 9.47. The normalized spacial score (nSPS) is 11.9. The third kappa shape index (κ3) is 3.84. The molecule has 1 aromatic heterocycles. The number of carbonyl (C=O) groups excluding carboxylic acids is 2. The van der Waals surface area contributed by atoms with Gasteiger partial charge in [0, 0.05) is 10.1 Å². The Balaban J connectivity index is 1.76. The Morgan fingerprint density at radius 1 is 1.18 bits per heavy atom. The number of hydrogen-bond donors (Lipinski definition) is 1. The number of carbonyl (C=O) groups is 2. The molecule has 1 heterocycles. The van der Waals surface area contributed by atoms with Crippen LogP contribution in [0.1, 0.15) is 27.7 Å². The molecule has 146 valence electrons. The lowest BCUT2D eigenvalue weighted by Gasteiger charge is -2.15. The number of thiophene rings is 1. The largest absolute Gasteiger partial charge is 0.495 e. The van der Waals surface area contributed by atoms with Crippen LogP contribution in [-0.2, 0) is 9.53 Å².